The number of methoxy groups -OCH3 is 1. The number of esters is 1. The lowest BCUT2D eigenvalue weighted by atomic mass is 9.98. The minimum Gasteiger partial charge on any atom is -0.465 e. The van der Waals surface area contributed by atoms with Crippen molar-refractivity contribution in [1.29, 1.82) is 0 Å². The fourth-order valence-electron chi connectivity index (χ4n) is 2.54. The molecule has 5 nitrogen and oxygen atoms in total. The number of nitrogens with zero attached hydrogens (tertiary/aromatic N) is 1. The van der Waals surface area contributed by atoms with Crippen molar-refractivity contribution in [3.63, 3.8) is 0 Å². The average Bonchev–Trinajstić information content (AvgIpc) is 2.47. The van der Waals surface area contributed by atoms with Gasteiger partial charge in [0.25, 0.3) is 0 Å². The summed E-state index contributed by atoms with van der Waals surface area (Å²) in [5.74, 6) is 0.377. The number of hydrogen-bond acceptors (Lipinski definition) is 4. The first-order chi connectivity index (χ1) is 10.0. The van der Waals surface area contributed by atoms with Gasteiger partial charge in [-0.2, -0.15) is 0 Å². The topological polar surface area (TPSA) is 67.6 Å². The molecule has 1 heterocycles. The molecule has 114 valence electrons. The lowest BCUT2D eigenvalue weighted by Gasteiger charge is -2.33. The third-order valence-corrected chi connectivity index (χ3v) is 3.90. The monoisotopic (exact) mass is 307 g/mol. The summed E-state index contributed by atoms with van der Waals surface area (Å²) in [6, 6.07) is 5.42. The summed E-state index contributed by atoms with van der Waals surface area (Å²) in [4.78, 5) is 13.9. The van der Waals surface area contributed by atoms with E-state index < -0.39 is 0 Å². The Balaban J connectivity index is 2.30. The number of carbonyl (C=O) groups excluding carboxylic acids is 1. The molecule has 3 N–H and O–H groups in total. The van der Waals surface area contributed by atoms with Crippen molar-refractivity contribution in [3.05, 3.63) is 23.8 Å². The van der Waals surface area contributed by atoms with Crippen LogP contribution < -0.4 is 16.0 Å². The molecule has 0 saturated carbocycles. The van der Waals surface area contributed by atoms with Crippen LogP contribution in [-0.2, 0) is 4.74 Å². The number of anilines is 2. The lowest BCUT2D eigenvalue weighted by molar-refractivity contribution is 0.0601. The molecule has 1 aliphatic heterocycles. The summed E-state index contributed by atoms with van der Waals surface area (Å²) in [5, 5.41) is 3.14. The quantitative estimate of drug-likeness (QED) is 0.660. The number of ether oxygens (including phenoxy) is 1. The van der Waals surface area contributed by atoms with E-state index >= 15 is 0 Å². The second kappa shape index (κ2) is 6.76. The van der Waals surface area contributed by atoms with Gasteiger partial charge < -0.3 is 20.7 Å². The van der Waals surface area contributed by atoms with Crippen molar-refractivity contribution < 1.29 is 9.53 Å². The molecule has 1 aliphatic rings. The van der Waals surface area contributed by atoms with E-state index in [1.807, 2.05) is 6.07 Å². The van der Waals surface area contributed by atoms with Crippen molar-refractivity contribution in [2.75, 3.05) is 30.4 Å². The second-order valence-electron chi connectivity index (χ2n) is 5.38. The zero-order valence-electron chi connectivity index (χ0n) is 12.4. The first-order valence-electron chi connectivity index (χ1n) is 7.05. The summed E-state index contributed by atoms with van der Waals surface area (Å²) in [5.41, 5.74) is 7.83. The molecule has 0 aromatic heterocycles. The van der Waals surface area contributed by atoms with Crippen LogP contribution in [0.25, 0.3) is 0 Å². The molecule has 0 aliphatic carbocycles. The smallest absolute Gasteiger partial charge is 0.337 e. The molecule has 6 heteroatoms. The molecule has 0 radical (unpaired) electrons. The van der Waals surface area contributed by atoms with E-state index in [0.29, 0.717) is 5.56 Å². The average molecular weight is 307 g/mol. The molecule has 0 bridgehead atoms. The highest BCUT2D eigenvalue weighted by Crippen LogP contribution is 2.31. The molecule has 1 aromatic carbocycles. The molecule has 1 aromatic rings. The number of hydrogen-bond donors (Lipinski definition) is 2. The standard InChI is InChI=1S/C15H21N3O2S/c1-10-5-7-18(8-6-10)13-4-3-11(14(19)20-2)9-12(13)17-15(16)21/h3-4,9-10H,5-8H2,1-2H3,(H3,16,17,21). The largest absolute Gasteiger partial charge is 0.465 e. The Morgan fingerprint density at radius 2 is 2.10 bits per heavy atom. The Bertz CT molecular complexity index is 540. The van der Waals surface area contributed by atoms with E-state index in [2.05, 4.69) is 17.1 Å². The summed E-state index contributed by atoms with van der Waals surface area (Å²) in [6.07, 6.45) is 2.32. The Labute approximate surface area is 130 Å². The summed E-state index contributed by atoms with van der Waals surface area (Å²) in [6.45, 7) is 4.25. The van der Waals surface area contributed by atoms with Crippen LogP contribution in [0.15, 0.2) is 18.2 Å². The summed E-state index contributed by atoms with van der Waals surface area (Å²) >= 11 is 4.93. The maximum Gasteiger partial charge on any atom is 0.337 e. The van der Waals surface area contributed by atoms with Crippen LogP contribution in [-0.4, -0.2) is 31.3 Å². The van der Waals surface area contributed by atoms with Crippen LogP contribution in [0.4, 0.5) is 11.4 Å². The highest BCUT2D eigenvalue weighted by molar-refractivity contribution is 7.80. The van der Waals surface area contributed by atoms with E-state index in [0.717, 1.165) is 43.2 Å². The van der Waals surface area contributed by atoms with Crippen molar-refractivity contribution in [2.24, 2.45) is 11.7 Å². The van der Waals surface area contributed by atoms with Gasteiger partial charge in [-0.25, -0.2) is 4.79 Å². The van der Waals surface area contributed by atoms with Crippen LogP contribution in [0, 0.1) is 5.92 Å². The van der Waals surface area contributed by atoms with Crippen LogP contribution >= 0.6 is 12.2 Å². The predicted octanol–water partition coefficient (Wildman–Crippen LogP) is 2.37. The van der Waals surface area contributed by atoms with Crippen LogP contribution in [0.5, 0.6) is 0 Å². The number of piperidine rings is 1. The van der Waals surface area contributed by atoms with Gasteiger partial charge in [0.2, 0.25) is 0 Å². The molecule has 0 unspecified atom stereocenters. The Kier molecular flexibility index (Phi) is 5.01. The molecule has 1 saturated heterocycles. The van der Waals surface area contributed by atoms with Gasteiger partial charge in [0.05, 0.1) is 24.0 Å². The minimum absolute atomic E-state index is 0.184. The van der Waals surface area contributed by atoms with E-state index in [1.54, 1.807) is 12.1 Å². The van der Waals surface area contributed by atoms with Crippen molar-refractivity contribution in [2.45, 2.75) is 19.8 Å². The highest BCUT2D eigenvalue weighted by Gasteiger charge is 2.20. The number of thiocarbonyl (C=S) groups is 1. The van der Waals surface area contributed by atoms with Gasteiger partial charge in [-0.3, -0.25) is 0 Å². The maximum absolute atomic E-state index is 11.7. The minimum atomic E-state index is -0.375. The van der Waals surface area contributed by atoms with E-state index in [4.69, 9.17) is 22.7 Å². The van der Waals surface area contributed by atoms with Crippen molar-refractivity contribution in [1.82, 2.24) is 0 Å². The summed E-state index contributed by atoms with van der Waals surface area (Å²) < 4.78 is 4.75. The van der Waals surface area contributed by atoms with Crippen LogP contribution in [0.1, 0.15) is 30.1 Å². The van der Waals surface area contributed by atoms with E-state index in [-0.39, 0.29) is 11.1 Å². The molecule has 21 heavy (non-hydrogen) atoms. The zero-order valence-corrected chi connectivity index (χ0v) is 13.2. The molecule has 1 fully saturated rings. The van der Waals surface area contributed by atoms with Gasteiger partial charge in [0, 0.05) is 13.1 Å². The molecule has 2 rings (SSSR count). The fourth-order valence-corrected chi connectivity index (χ4v) is 2.65. The number of carbonyl (C=O) groups is 1. The molecule has 0 atom stereocenters. The van der Waals surface area contributed by atoms with Gasteiger partial charge in [0.15, 0.2) is 5.11 Å². The first kappa shape index (κ1) is 15.6. The fraction of sp³-hybridized carbons (Fsp3) is 0.467. The van der Waals surface area contributed by atoms with E-state index in [1.165, 1.54) is 7.11 Å². The van der Waals surface area contributed by atoms with Crippen LogP contribution in [0.3, 0.4) is 0 Å². The lowest BCUT2D eigenvalue weighted by Crippen LogP contribution is -2.34. The molecular formula is C15H21N3O2S. The van der Waals surface area contributed by atoms with Gasteiger partial charge in [-0.05, 0) is 49.2 Å². The van der Waals surface area contributed by atoms with Gasteiger partial charge in [-0.15, -0.1) is 0 Å². The summed E-state index contributed by atoms with van der Waals surface area (Å²) in [7, 11) is 1.36. The Hall–Kier alpha value is -1.82. The predicted molar refractivity (Wildman–Crippen MR) is 88.8 cm³/mol. The van der Waals surface area contributed by atoms with Gasteiger partial charge in [-0.1, -0.05) is 6.92 Å². The molecule has 0 spiro atoms. The molecule has 0 amide bonds. The highest BCUT2D eigenvalue weighted by atomic mass is 32.1. The normalized spacial score (nSPS) is 15.6. The zero-order chi connectivity index (χ0) is 15.4. The first-order valence-corrected chi connectivity index (χ1v) is 7.46. The van der Waals surface area contributed by atoms with Gasteiger partial charge in [0.1, 0.15) is 0 Å². The third-order valence-electron chi connectivity index (χ3n) is 3.80. The van der Waals surface area contributed by atoms with Gasteiger partial charge >= 0.3 is 5.97 Å². The van der Waals surface area contributed by atoms with Crippen molar-refractivity contribution >= 4 is 34.7 Å². The maximum atomic E-state index is 11.7. The molecular weight excluding hydrogens is 286 g/mol. The number of nitrogens with two attached hydrogens (primary N) is 1. The number of benzene rings is 1. The third kappa shape index (κ3) is 3.85. The van der Waals surface area contributed by atoms with E-state index in [9.17, 15) is 4.79 Å². The number of nitrogens with one attached hydrogen (secondary N) is 1. The number of rotatable bonds is 3. The Morgan fingerprint density at radius 1 is 1.43 bits per heavy atom. The van der Waals surface area contributed by atoms with Crippen molar-refractivity contribution in [3.8, 4) is 0 Å². The Morgan fingerprint density at radius 3 is 2.67 bits per heavy atom. The SMILES string of the molecule is COC(=O)c1ccc(N2CCC(C)CC2)c(NC(N)=S)c1. The second-order valence-corrected chi connectivity index (χ2v) is 5.82. The van der Waals surface area contributed by atoms with Crippen LogP contribution in [0.2, 0.25) is 0 Å².